The van der Waals surface area contributed by atoms with Crippen LogP contribution in [0, 0.1) is 5.82 Å². The largest absolute Gasteiger partial charge is 0.477 e. The lowest BCUT2D eigenvalue weighted by Gasteiger charge is -2.10. The summed E-state index contributed by atoms with van der Waals surface area (Å²) in [7, 11) is 0. The van der Waals surface area contributed by atoms with Gasteiger partial charge >= 0.3 is 5.97 Å². The van der Waals surface area contributed by atoms with Gasteiger partial charge in [-0.05, 0) is 54.5 Å². The van der Waals surface area contributed by atoms with Gasteiger partial charge < -0.3 is 10.1 Å². The number of carboxylic acids is 1. The number of rotatable bonds is 3. The third-order valence-electron chi connectivity index (χ3n) is 3.81. The third-order valence-corrected chi connectivity index (χ3v) is 4.10. The fourth-order valence-corrected chi connectivity index (χ4v) is 3.04. The first-order chi connectivity index (χ1) is 9.54. The molecule has 0 radical (unpaired) electrons. The highest BCUT2D eigenvalue weighted by molar-refractivity contribution is 6.30. The average Bonchev–Trinajstić information content (AvgIpc) is 2.96. The number of halogens is 2. The van der Waals surface area contributed by atoms with Gasteiger partial charge in [0.2, 0.25) is 0 Å². The first-order valence-corrected chi connectivity index (χ1v) is 6.81. The van der Waals surface area contributed by atoms with Crippen molar-refractivity contribution in [3.05, 3.63) is 57.6 Å². The van der Waals surface area contributed by atoms with Gasteiger partial charge in [-0.3, -0.25) is 0 Å². The highest BCUT2D eigenvalue weighted by Crippen LogP contribution is 2.36. The van der Waals surface area contributed by atoms with Crippen LogP contribution >= 0.6 is 11.6 Å². The van der Waals surface area contributed by atoms with Crippen LogP contribution in [0.1, 0.15) is 39.6 Å². The van der Waals surface area contributed by atoms with Gasteiger partial charge in [-0.25, -0.2) is 9.18 Å². The molecule has 0 saturated carbocycles. The molecule has 0 bridgehead atoms. The molecule has 2 N–H and O–H groups in total. The van der Waals surface area contributed by atoms with E-state index >= 15 is 0 Å². The molecule has 0 amide bonds. The maximum absolute atomic E-state index is 13.1. The molecule has 3 nitrogen and oxygen atoms in total. The van der Waals surface area contributed by atoms with E-state index in [4.69, 9.17) is 16.7 Å². The van der Waals surface area contributed by atoms with Crippen molar-refractivity contribution in [2.24, 2.45) is 0 Å². The average molecular weight is 294 g/mol. The molecule has 1 aromatic heterocycles. The normalized spacial score (nSPS) is 17.2. The van der Waals surface area contributed by atoms with E-state index in [1.807, 2.05) is 0 Å². The second-order valence-corrected chi connectivity index (χ2v) is 5.52. The molecule has 1 aliphatic rings. The SMILES string of the molecule is O=C(O)c1cc2c([nH]1)CCC2Cc1ccc(F)c(Cl)c1. The molecule has 5 heteroatoms. The smallest absolute Gasteiger partial charge is 0.352 e. The fraction of sp³-hybridized carbons (Fsp3) is 0.267. The molecule has 20 heavy (non-hydrogen) atoms. The van der Waals surface area contributed by atoms with Gasteiger partial charge in [0.1, 0.15) is 11.5 Å². The zero-order valence-electron chi connectivity index (χ0n) is 10.6. The molecule has 1 aliphatic carbocycles. The van der Waals surface area contributed by atoms with E-state index in [1.165, 1.54) is 6.07 Å². The molecule has 1 unspecified atom stereocenters. The van der Waals surface area contributed by atoms with E-state index in [9.17, 15) is 9.18 Å². The Balaban J connectivity index is 1.83. The van der Waals surface area contributed by atoms with Crippen LogP contribution in [0.15, 0.2) is 24.3 Å². The summed E-state index contributed by atoms with van der Waals surface area (Å²) in [6.45, 7) is 0. The molecular formula is C15H13ClFNO2. The number of H-pyrrole nitrogens is 1. The lowest BCUT2D eigenvalue weighted by atomic mass is 9.94. The van der Waals surface area contributed by atoms with Crippen molar-refractivity contribution in [3.63, 3.8) is 0 Å². The quantitative estimate of drug-likeness (QED) is 0.905. The molecule has 0 saturated heterocycles. The molecule has 104 valence electrons. The summed E-state index contributed by atoms with van der Waals surface area (Å²) in [5.74, 6) is -1.10. The van der Waals surface area contributed by atoms with Crippen molar-refractivity contribution in [1.29, 1.82) is 0 Å². The number of nitrogens with one attached hydrogen (secondary N) is 1. The lowest BCUT2D eigenvalue weighted by Crippen LogP contribution is -2.00. The summed E-state index contributed by atoms with van der Waals surface area (Å²) in [5.41, 5.74) is 3.26. The number of aromatic nitrogens is 1. The number of aryl methyl sites for hydroxylation is 1. The number of hydrogen-bond donors (Lipinski definition) is 2. The minimum Gasteiger partial charge on any atom is -0.477 e. The summed E-state index contributed by atoms with van der Waals surface area (Å²) in [5, 5.41) is 9.12. The maximum Gasteiger partial charge on any atom is 0.352 e. The standard InChI is InChI=1S/C15H13ClFNO2/c16-11-6-8(1-3-12(11)17)5-9-2-4-13-10(9)7-14(18-13)15(19)20/h1,3,6-7,9,18H,2,4-5H2,(H,19,20). The Hall–Kier alpha value is -1.81. The van der Waals surface area contributed by atoms with E-state index in [2.05, 4.69) is 4.98 Å². The number of benzene rings is 1. The van der Waals surface area contributed by atoms with E-state index in [0.717, 1.165) is 36.1 Å². The van der Waals surface area contributed by atoms with Crippen molar-refractivity contribution in [3.8, 4) is 0 Å². The van der Waals surface area contributed by atoms with Gasteiger partial charge in [-0.15, -0.1) is 0 Å². The molecule has 0 aliphatic heterocycles. The van der Waals surface area contributed by atoms with E-state index in [1.54, 1.807) is 18.2 Å². The first-order valence-electron chi connectivity index (χ1n) is 6.43. The lowest BCUT2D eigenvalue weighted by molar-refractivity contribution is 0.0691. The van der Waals surface area contributed by atoms with Crippen molar-refractivity contribution in [2.45, 2.75) is 25.2 Å². The topological polar surface area (TPSA) is 53.1 Å². The van der Waals surface area contributed by atoms with Crippen LogP contribution in [0.2, 0.25) is 5.02 Å². The summed E-state index contributed by atoms with van der Waals surface area (Å²) < 4.78 is 13.1. The Morgan fingerprint density at radius 2 is 2.25 bits per heavy atom. The van der Waals surface area contributed by atoms with Crippen LogP contribution in [0.25, 0.3) is 0 Å². The van der Waals surface area contributed by atoms with Crippen LogP contribution < -0.4 is 0 Å². The molecule has 1 aromatic carbocycles. The molecule has 3 rings (SSSR count). The van der Waals surface area contributed by atoms with Crippen molar-refractivity contribution in [1.82, 2.24) is 4.98 Å². The summed E-state index contributed by atoms with van der Waals surface area (Å²) in [6.07, 6.45) is 2.56. The fourth-order valence-electron chi connectivity index (χ4n) is 2.84. The Morgan fingerprint density at radius 3 is 2.95 bits per heavy atom. The number of carbonyl (C=O) groups is 1. The van der Waals surface area contributed by atoms with E-state index in [-0.39, 0.29) is 16.6 Å². The zero-order valence-corrected chi connectivity index (χ0v) is 11.4. The van der Waals surface area contributed by atoms with Crippen molar-refractivity contribution in [2.75, 3.05) is 0 Å². The summed E-state index contributed by atoms with van der Waals surface area (Å²) >= 11 is 5.79. The number of hydrogen-bond acceptors (Lipinski definition) is 1. The van der Waals surface area contributed by atoms with E-state index in [0.29, 0.717) is 0 Å². The Labute approximate surface area is 120 Å². The third kappa shape index (κ3) is 2.31. The van der Waals surface area contributed by atoms with Crippen LogP contribution in [0.5, 0.6) is 0 Å². The molecule has 2 aromatic rings. The van der Waals surface area contributed by atoms with Crippen molar-refractivity contribution < 1.29 is 14.3 Å². The second kappa shape index (κ2) is 4.94. The Morgan fingerprint density at radius 1 is 1.45 bits per heavy atom. The highest BCUT2D eigenvalue weighted by atomic mass is 35.5. The van der Waals surface area contributed by atoms with Gasteiger partial charge in [0.25, 0.3) is 0 Å². The molecule has 0 spiro atoms. The molecule has 1 heterocycles. The number of carboxylic acid groups (broad SMARTS) is 1. The number of aromatic carboxylic acids is 1. The van der Waals surface area contributed by atoms with Crippen molar-refractivity contribution >= 4 is 17.6 Å². The van der Waals surface area contributed by atoms with Gasteiger partial charge in [0.05, 0.1) is 5.02 Å². The Kier molecular flexibility index (Phi) is 3.26. The van der Waals surface area contributed by atoms with Crippen LogP contribution in [0.4, 0.5) is 4.39 Å². The minimum atomic E-state index is -0.942. The molecule has 1 atom stereocenters. The highest BCUT2D eigenvalue weighted by Gasteiger charge is 2.26. The monoisotopic (exact) mass is 293 g/mol. The zero-order chi connectivity index (χ0) is 14.3. The van der Waals surface area contributed by atoms with Crippen LogP contribution in [-0.4, -0.2) is 16.1 Å². The predicted molar refractivity (Wildman–Crippen MR) is 73.9 cm³/mol. The van der Waals surface area contributed by atoms with Crippen LogP contribution in [0.3, 0.4) is 0 Å². The number of aromatic amines is 1. The van der Waals surface area contributed by atoms with E-state index < -0.39 is 11.8 Å². The van der Waals surface area contributed by atoms with Gasteiger partial charge in [0.15, 0.2) is 0 Å². The molecule has 0 fully saturated rings. The summed E-state index contributed by atoms with van der Waals surface area (Å²) in [6, 6.07) is 6.44. The van der Waals surface area contributed by atoms with Crippen LogP contribution in [-0.2, 0) is 12.8 Å². The Bertz CT molecular complexity index is 681. The number of fused-ring (bicyclic) bond motifs is 1. The first kappa shape index (κ1) is 13.2. The molecular weight excluding hydrogens is 281 g/mol. The second-order valence-electron chi connectivity index (χ2n) is 5.11. The van der Waals surface area contributed by atoms with Gasteiger partial charge in [0, 0.05) is 5.69 Å². The van der Waals surface area contributed by atoms with Gasteiger partial charge in [-0.2, -0.15) is 0 Å². The van der Waals surface area contributed by atoms with Gasteiger partial charge in [-0.1, -0.05) is 17.7 Å². The predicted octanol–water partition coefficient (Wildman–Crippen LogP) is 3.78. The minimum absolute atomic E-state index is 0.126. The summed E-state index contributed by atoms with van der Waals surface area (Å²) in [4.78, 5) is 13.9. The maximum atomic E-state index is 13.1.